The van der Waals surface area contributed by atoms with Crippen molar-refractivity contribution in [2.24, 2.45) is 10.2 Å². The highest BCUT2D eigenvalue weighted by Crippen LogP contribution is 2.11. The number of methoxy groups -OCH3 is 2. The summed E-state index contributed by atoms with van der Waals surface area (Å²) in [6.07, 6.45) is 5.53. The van der Waals surface area contributed by atoms with Gasteiger partial charge in [-0.3, -0.25) is 9.59 Å². The van der Waals surface area contributed by atoms with E-state index in [2.05, 4.69) is 21.1 Å². The van der Waals surface area contributed by atoms with Gasteiger partial charge in [-0.1, -0.05) is 0 Å². The molecule has 0 heterocycles. The molecule has 0 bridgehead atoms. The molecule has 0 aliphatic carbocycles. The second-order valence-corrected chi connectivity index (χ2v) is 8.18. The van der Waals surface area contributed by atoms with Crippen molar-refractivity contribution in [1.29, 1.82) is 0 Å². The second-order valence-electron chi connectivity index (χ2n) is 6.95. The number of nitrogens with one attached hydrogen (secondary N) is 2. The van der Waals surface area contributed by atoms with E-state index in [9.17, 15) is 9.59 Å². The summed E-state index contributed by atoms with van der Waals surface area (Å²) >= 11 is 1.73. The Morgan fingerprint density at radius 3 is 1.52 bits per heavy atom. The Morgan fingerprint density at radius 2 is 1.15 bits per heavy atom. The molecule has 2 N–H and O–H groups in total. The lowest BCUT2D eigenvalue weighted by Gasteiger charge is -2.02. The van der Waals surface area contributed by atoms with Gasteiger partial charge in [0.15, 0.2) is 0 Å². The summed E-state index contributed by atoms with van der Waals surface area (Å²) in [5, 5.41) is 7.93. The SMILES string of the molecule is COc1ccc(/C=N\NC(=O)CCCSCCCC(=O)N/N=C/c2ccc(OC)cc2)cc1. The first kappa shape index (κ1) is 25.9. The minimum atomic E-state index is -0.116. The quantitative estimate of drug-likeness (QED) is 0.250. The lowest BCUT2D eigenvalue weighted by atomic mass is 10.2. The van der Waals surface area contributed by atoms with Gasteiger partial charge in [0.2, 0.25) is 11.8 Å². The van der Waals surface area contributed by atoms with Gasteiger partial charge in [0.05, 0.1) is 26.6 Å². The van der Waals surface area contributed by atoms with Crippen LogP contribution < -0.4 is 20.3 Å². The number of carbonyl (C=O) groups is 2. The number of hydrogen-bond acceptors (Lipinski definition) is 7. The summed E-state index contributed by atoms with van der Waals surface area (Å²) in [4.78, 5) is 23.6. The molecule has 0 aromatic heterocycles. The van der Waals surface area contributed by atoms with Gasteiger partial charge in [0.1, 0.15) is 11.5 Å². The molecule has 2 amide bonds. The number of carbonyl (C=O) groups excluding carboxylic acids is 2. The standard InChI is InChI=1S/C24H30N4O4S/c1-31-21-11-7-19(8-12-21)17-25-27-23(29)5-3-15-33-16-4-6-24(30)28-26-18-20-9-13-22(32-2)14-10-20/h7-14,17-18H,3-6,15-16H2,1-2H3,(H,27,29)(H,28,30)/b25-17-,26-18+. The first-order valence-corrected chi connectivity index (χ1v) is 11.8. The number of hydrogen-bond donors (Lipinski definition) is 2. The zero-order valence-corrected chi connectivity index (χ0v) is 19.8. The molecular formula is C24H30N4O4S. The van der Waals surface area contributed by atoms with Crippen LogP contribution in [-0.2, 0) is 9.59 Å². The van der Waals surface area contributed by atoms with Crippen LogP contribution in [0.4, 0.5) is 0 Å². The summed E-state index contributed by atoms with van der Waals surface area (Å²) in [5.74, 6) is 3.02. The zero-order valence-electron chi connectivity index (χ0n) is 19.0. The fourth-order valence-electron chi connectivity index (χ4n) is 2.62. The highest BCUT2D eigenvalue weighted by molar-refractivity contribution is 7.99. The lowest BCUT2D eigenvalue weighted by molar-refractivity contribution is -0.121. The van der Waals surface area contributed by atoms with Crippen LogP contribution in [0.15, 0.2) is 58.7 Å². The third-order valence-corrected chi connectivity index (χ3v) is 5.58. The molecule has 9 heteroatoms. The topological polar surface area (TPSA) is 101 Å². The molecule has 2 aromatic rings. The van der Waals surface area contributed by atoms with Crippen LogP contribution in [0.5, 0.6) is 11.5 Å². The van der Waals surface area contributed by atoms with E-state index in [1.165, 1.54) is 0 Å². The molecule has 0 atom stereocenters. The second kappa shape index (κ2) is 15.5. The number of benzene rings is 2. The van der Waals surface area contributed by atoms with Crippen LogP contribution in [0, 0.1) is 0 Å². The predicted octanol–water partition coefficient (Wildman–Crippen LogP) is 3.60. The Balaban J connectivity index is 1.47. The maximum Gasteiger partial charge on any atom is 0.240 e. The van der Waals surface area contributed by atoms with Gasteiger partial charge in [-0.05, 0) is 84.0 Å². The highest BCUT2D eigenvalue weighted by atomic mass is 32.2. The third kappa shape index (κ3) is 11.2. The van der Waals surface area contributed by atoms with Crippen LogP contribution >= 0.6 is 11.8 Å². The molecule has 0 spiro atoms. The Bertz CT molecular complexity index is 840. The molecule has 0 radical (unpaired) electrons. The van der Waals surface area contributed by atoms with Crippen molar-refractivity contribution in [3.63, 3.8) is 0 Å². The third-order valence-electron chi connectivity index (χ3n) is 4.42. The highest BCUT2D eigenvalue weighted by Gasteiger charge is 2.02. The van der Waals surface area contributed by atoms with Crippen molar-refractivity contribution in [1.82, 2.24) is 10.9 Å². The fourth-order valence-corrected chi connectivity index (χ4v) is 3.52. The summed E-state index contributed by atoms with van der Waals surface area (Å²) < 4.78 is 10.2. The average molecular weight is 471 g/mol. The molecule has 2 aromatic carbocycles. The number of hydrazone groups is 2. The van der Waals surface area contributed by atoms with Gasteiger partial charge >= 0.3 is 0 Å². The maximum absolute atomic E-state index is 11.8. The van der Waals surface area contributed by atoms with Crippen molar-refractivity contribution in [2.75, 3.05) is 25.7 Å². The van der Waals surface area contributed by atoms with E-state index in [1.807, 2.05) is 48.5 Å². The van der Waals surface area contributed by atoms with E-state index < -0.39 is 0 Å². The van der Waals surface area contributed by atoms with E-state index >= 15 is 0 Å². The van der Waals surface area contributed by atoms with Crippen molar-refractivity contribution in [3.05, 3.63) is 59.7 Å². The van der Waals surface area contributed by atoms with Crippen LogP contribution in [0.1, 0.15) is 36.8 Å². The van der Waals surface area contributed by atoms with E-state index in [1.54, 1.807) is 38.4 Å². The molecule has 0 saturated carbocycles. The van der Waals surface area contributed by atoms with E-state index in [0.29, 0.717) is 12.8 Å². The van der Waals surface area contributed by atoms with Gasteiger partial charge < -0.3 is 9.47 Å². The molecule has 0 aliphatic heterocycles. The summed E-state index contributed by atoms with van der Waals surface area (Å²) in [5.41, 5.74) is 6.82. The maximum atomic E-state index is 11.8. The number of amides is 2. The van der Waals surface area contributed by atoms with Gasteiger partial charge in [0, 0.05) is 12.8 Å². The molecule has 176 valence electrons. The molecular weight excluding hydrogens is 440 g/mol. The van der Waals surface area contributed by atoms with Crippen molar-refractivity contribution >= 4 is 36.0 Å². The van der Waals surface area contributed by atoms with Gasteiger partial charge in [-0.15, -0.1) is 0 Å². The zero-order chi connectivity index (χ0) is 23.7. The molecule has 0 aliphatic rings. The first-order chi connectivity index (χ1) is 16.1. The number of thioether (sulfide) groups is 1. The van der Waals surface area contributed by atoms with E-state index in [4.69, 9.17) is 9.47 Å². The smallest absolute Gasteiger partial charge is 0.240 e. The number of ether oxygens (including phenoxy) is 2. The minimum absolute atomic E-state index is 0.116. The first-order valence-electron chi connectivity index (χ1n) is 10.6. The average Bonchev–Trinajstić information content (AvgIpc) is 2.84. The molecule has 0 saturated heterocycles. The van der Waals surface area contributed by atoms with Gasteiger partial charge in [-0.2, -0.15) is 22.0 Å². The molecule has 0 fully saturated rings. The summed E-state index contributed by atoms with van der Waals surface area (Å²) in [7, 11) is 3.22. The lowest BCUT2D eigenvalue weighted by Crippen LogP contribution is -2.17. The largest absolute Gasteiger partial charge is 0.497 e. The molecule has 33 heavy (non-hydrogen) atoms. The van der Waals surface area contributed by atoms with Crippen molar-refractivity contribution in [3.8, 4) is 11.5 Å². The summed E-state index contributed by atoms with van der Waals surface area (Å²) in [6, 6.07) is 14.8. The van der Waals surface area contributed by atoms with E-state index in [0.717, 1.165) is 47.0 Å². The Hall–Kier alpha value is -3.33. The monoisotopic (exact) mass is 470 g/mol. The van der Waals surface area contributed by atoms with Gasteiger partial charge in [-0.25, -0.2) is 10.9 Å². The van der Waals surface area contributed by atoms with Crippen LogP contribution in [0.3, 0.4) is 0 Å². The molecule has 8 nitrogen and oxygen atoms in total. The number of nitrogens with zero attached hydrogens (tertiary/aromatic N) is 2. The molecule has 0 unspecified atom stereocenters. The predicted molar refractivity (Wildman–Crippen MR) is 133 cm³/mol. The summed E-state index contributed by atoms with van der Waals surface area (Å²) in [6.45, 7) is 0. The van der Waals surface area contributed by atoms with Crippen molar-refractivity contribution in [2.45, 2.75) is 25.7 Å². The number of rotatable bonds is 14. The normalized spacial score (nSPS) is 11.0. The van der Waals surface area contributed by atoms with Crippen molar-refractivity contribution < 1.29 is 19.1 Å². The Labute approximate surface area is 198 Å². The van der Waals surface area contributed by atoms with E-state index in [-0.39, 0.29) is 11.8 Å². The minimum Gasteiger partial charge on any atom is -0.497 e. The van der Waals surface area contributed by atoms with Gasteiger partial charge in [0.25, 0.3) is 0 Å². The van der Waals surface area contributed by atoms with Crippen LogP contribution in [0.2, 0.25) is 0 Å². The van der Waals surface area contributed by atoms with Crippen LogP contribution in [-0.4, -0.2) is 50.0 Å². The fraction of sp³-hybridized carbons (Fsp3) is 0.333. The Kier molecular flexibility index (Phi) is 12.2. The Morgan fingerprint density at radius 1 is 0.758 bits per heavy atom. The van der Waals surface area contributed by atoms with Crippen LogP contribution in [0.25, 0.3) is 0 Å². The molecule has 2 rings (SSSR count).